The van der Waals surface area contributed by atoms with Gasteiger partial charge in [0.15, 0.2) is 6.29 Å². The number of ether oxygens (including phenoxy) is 2. The quantitative estimate of drug-likeness (QED) is 0.832. The Labute approximate surface area is 99.6 Å². The predicted molar refractivity (Wildman–Crippen MR) is 60.2 cm³/mol. The molecule has 1 atom stereocenters. The second-order valence-electron chi connectivity index (χ2n) is 3.81. The number of morpholine rings is 1. The van der Waals surface area contributed by atoms with Gasteiger partial charge in [-0.05, 0) is 5.56 Å². The zero-order valence-corrected chi connectivity index (χ0v) is 9.41. The highest BCUT2D eigenvalue weighted by atomic mass is 16.6. The highest BCUT2D eigenvalue weighted by Gasteiger charge is 2.23. The van der Waals surface area contributed by atoms with Gasteiger partial charge in [-0.2, -0.15) is 0 Å². The molecule has 0 radical (unpaired) electrons. The number of benzene rings is 1. The summed E-state index contributed by atoms with van der Waals surface area (Å²) >= 11 is 0. The molecule has 1 amide bonds. The van der Waals surface area contributed by atoms with Crippen molar-refractivity contribution >= 4 is 6.09 Å². The number of carbonyl (C=O) groups excluding carboxylic acids is 1. The first-order chi connectivity index (χ1) is 8.25. The Morgan fingerprint density at radius 2 is 2.24 bits per heavy atom. The van der Waals surface area contributed by atoms with Crippen LogP contribution >= 0.6 is 0 Å². The summed E-state index contributed by atoms with van der Waals surface area (Å²) in [5.74, 6) is 0. The molecule has 5 heteroatoms. The number of hydrogen-bond donors (Lipinski definition) is 1. The van der Waals surface area contributed by atoms with E-state index in [1.807, 2.05) is 30.3 Å². The lowest BCUT2D eigenvalue weighted by Gasteiger charge is -2.29. The summed E-state index contributed by atoms with van der Waals surface area (Å²) in [6.07, 6.45) is -1.33. The predicted octanol–water partition coefficient (Wildman–Crippen LogP) is 0.974. The van der Waals surface area contributed by atoms with Gasteiger partial charge in [0.1, 0.15) is 6.61 Å². The summed E-state index contributed by atoms with van der Waals surface area (Å²) in [5.41, 5.74) is 0.939. The number of amides is 1. The molecule has 0 saturated carbocycles. The summed E-state index contributed by atoms with van der Waals surface area (Å²) in [6, 6.07) is 9.47. The van der Waals surface area contributed by atoms with E-state index >= 15 is 0 Å². The van der Waals surface area contributed by atoms with Gasteiger partial charge in [0, 0.05) is 6.54 Å². The monoisotopic (exact) mass is 237 g/mol. The van der Waals surface area contributed by atoms with Crippen molar-refractivity contribution in [3.8, 4) is 0 Å². The van der Waals surface area contributed by atoms with E-state index in [0.717, 1.165) is 5.56 Å². The molecule has 2 rings (SSSR count). The summed E-state index contributed by atoms with van der Waals surface area (Å²) in [6.45, 7) is 1.19. The van der Waals surface area contributed by atoms with Crippen molar-refractivity contribution in [2.45, 2.75) is 12.9 Å². The fourth-order valence-electron chi connectivity index (χ4n) is 1.61. The van der Waals surface area contributed by atoms with E-state index in [4.69, 9.17) is 9.47 Å². The molecule has 1 heterocycles. The summed E-state index contributed by atoms with van der Waals surface area (Å²) < 4.78 is 10.1. The number of β-amino-alcohol motifs (C(OH)–C–C–N with tert-alkyl or cyclic N) is 1. The van der Waals surface area contributed by atoms with Gasteiger partial charge in [-0.25, -0.2) is 4.79 Å². The molecular weight excluding hydrogens is 222 g/mol. The van der Waals surface area contributed by atoms with Crippen molar-refractivity contribution in [1.82, 2.24) is 4.90 Å². The first-order valence-corrected chi connectivity index (χ1v) is 5.51. The van der Waals surface area contributed by atoms with Crippen molar-refractivity contribution in [1.29, 1.82) is 0 Å². The number of aliphatic hydroxyl groups excluding tert-OH is 1. The Balaban J connectivity index is 1.81. The van der Waals surface area contributed by atoms with Crippen molar-refractivity contribution in [3.05, 3.63) is 35.9 Å². The molecule has 1 aliphatic heterocycles. The molecule has 0 bridgehead atoms. The molecule has 92 valence electrons. The second-order valence-corrected chi connectivity index (χ2v) is 3.81. The van der Waals surface area contributed by atoms with E-state index < -0.39 is 12.4 Å². The molecule has 1 unspecified atom stereocenters. The van der Waals surface area contributed by atoms with Crippen molar-refractivity contribution < 1.29 is 19.4 Å². The minimum atomic E-state index is -0.909. The third-order valence-corrected chi connectivity index (χ3v) is 2.51. The van der Waals surface area contributed by atoms with Gasteiger partial charge >= 0.3 is 6.09 Å². The van der Waals surface area contributed by atoms with Gasteiger partial charge < -0.3 is 19.5 Å². The number of nitrogens with zero attached hydrogens (tertiary/aromatic N) is 1. The van der Waals surface area contributed by atoms with Crippen LogP contribution in [0.25, 0.3) is 0 Å². The summed E-state index contributed by atoms with van der Waals surface area (Å²) in [5, 5.41) is 9.24. The Kier molecular flexibility index (Phi) is 3.95. The number of rotatable bonds is 2. The van der Waals surface area contributed by atoms with E-state index in [0.29, 0.717) is 13.2 Å². The summed E-state index contributed by atoms with van der Waals surface area (Å²) in [4.78, 5) is 13.1. The average Bonchev–Trinajstić information content (AvgIpc) is 2.37. The van der Waals surface area contributed by atoms with Crippen LogP contribution in [0.4, 0.5) is 4.79 Å². The van der Waals surface area contributed by atoms with Crippen LogP contribution in [0.1, 0.15) is 5.56 Å². The van der Waals surface area contributed by atoms with E-state index in [-0.39, 0.29) is 13.2 Å². The zero-order valence-electron chi connectivity index (χ0n) is 9.41. The van der Waals surface area contributed by atoms with Crippen LogP contribution < -0.4 is 0 Å². The minimum absolute atomic E-state index is 0.160. The zero-order chi connectivity index (χ0) is 12.1. The molecule has 0 spiro atoms. The maximum absolute atomic E-state index is 11.7. The maximum atomic E-state index is 11.7. The minimum Gasteiger partial charge on any atom is -0.445 e. The normalized spacial score (nSPS) is 20.1. The van der Waals surface area contributed by atoms with Crippen molar-refractivity contribution in [2.75, 3.05) is 19.7 Å². The van der Waals surface area contributed by atoms with Crippen LogP contribution in [0.3, 0.4) is 0 Å². The number of aliphatic hydroxyl groups is 1. The van der Waals surface area contributed by atoms with Crippen LogP contribution in [-0.4, -0.2) is 42.1 Å². The standard InChI is InChI=1S/C12H15NO4/c14-11-8-13(6-7-16-11)12(15)17-9-10-4-2-1-3-5-10/h1-5,11,14H,6-9H2. The lowest BCUT2D eigenvalue weighted by atomic mass is 10.2. The van der Waals surface area contributed by atoms with Gasteiger partial charge in [-0.3, -0.25) is 0 Å². The Hall–Kier alpha value is -1.59. The van der Waals surface area contributed by atoms with Gasteiger partial charge in [-0.1, -0.05) is 30.3 Å². The van der Waals surface area contributed by atoms with Crippen LogP contribution in [0.5, 0.6) is 0 Å². The molecule has 1 N–H and O–H groups in total. The van der Waals surface area contributed by atoms with E-state index in [1.165, 1.54) is 4.90 Å². The molecule has 1 saturated heterocycles. The molecule has 0 aliphatic carbocycles. The van der Waals surface area contributed by atoms with Gasteiger partial charge in [-0.15, -0.1) is 0 Å². The number of hydrogen-bond acceptors (Lipinski definition) is 4. The third kappa shape index (κ3) is 3.44. The molecule has 1 fully saturated rings. The van der Waals surface area contributed by atoms with Crippen LogP contribution in [0, 0.1) is 0 Å². The van der Waals surface area contributed by atoms with E-state index in [9.17, 15) is 9.90 Å². The van der Waals surface area contributed by atoms with Crippen LogP contribution in [0.15, 0.2) is 30.3 Å². The molecule has 0 aromatic heterocycles. The Morgan fingerprint density at radius 1 is 1.47 bits per heavy atom. The van der Waals surface area contributed by atoms with Gasteiger partial charge in [0.2, 0.25) is 0 Å². The molecule has 1 aliphatic rings. The highest BCUT2D eigenvalue weighted by Crippen LogP contribution is 2.07. The largest absolute Gasteiger partial charge is 0.445 e. The Bertz CT molecular complexity index is 368. The van der Waals surface area contributed by atoms with E-state index in [2.05, 4.69) is 0 Å². The molecular formula is C12H15NO4. The molecule has 5 nitrogen and oxygen atoms in total. The first-order valence-electron chi connectivity index (χ1n) is 5.51. The lowest BCUT2D eigenvalue weighted by Crippen LogP contribution is -2.45. The van der Waals surface area contributed by atoms with Gasteiger partial charge in [0.05, 0.1) is 13.2 Å². The summed E-state index contributed by atoms with van der Waals surface area (Å²) in [7, 11) is 0. The highest BCUT2D eigenvalue weighted by molar-refractivity contribution is 5.67. The number of carbonyl (C=O) groups is 1. The van der Waals surface area contributed by atoms with Crippen LogP contribution in [-0.2, 0) is 16.1 Å². The SMILES string of the molecule is O=C(OCc1ccccc1)N1CCOC(O)C1. The fourth-order valence-corrected chi connectivity index (χ4v) is 1.61. The smallest absolute Gasteiger partial charge is 0.410 e. The second kappa shape index (κ2) is 5.65. The first kappa shape index (κ1) is 11.9. The average molecular weight is 237 g/mol. The lowest BCUT2D eigenvalue weighted by molar-refractivity contribution is -0.141. The topological polar surface area (TPSA) is 59.0 Å². The van der Waals surface area contributed by atoms with Crippen LogP contribution in [0.2, 0.25) is 0 Å². The molecule has 1 aromatic rings. The van der Waals surface area contributed by atoms with E-state index in [1.54, 1.807) is 0 Å². The third-order valence-electron chi connectivity index (χ3n) is 2.51. The molecule has 17 heavy (non-hydrogen) atoms. The van der Waals surface area contributed by atoms with Crippen molar-refractivity contribution in [3.63, 3.8) is 0 Å². The Morgan fingerprint density at radius 3 is 2.94 bits per heavy atom. The molecule has 1 aromatic carbocycles. The fraction of sp³-hybridized carbons (Fsp3) is 0.417. The van der Waals surface area contributed by atoms with Crippen molar-refractivity contribution in [2.24, 2.45) is 0 Å². The maximum Gasteiger partial charge on any atom is 0.410 e. The van der Waals surface area contributed by atoms with Gasteiger partial charge in [0.25, 0.3) is 0 Å².